The highest BCUT2D eigenvalue weighted by atomic mass is 32.2. The fourth-order valence-electron chi connectivity index (χ4n) is 2.00. The third-order valence-corrected chi connectivity index (χ3v) is 3.99. The first kappa shape index (κ1) is 15.3. The van der Waals surface area contributed by atoms with Gasteiger partial charge in [0.15, 0.2) is 5.17 Å². The van der Waals surface area contributed by atoms with E-state index in [4.69, 9.17) is 10.1 Å². The van der Waals surface area contributed by atoms with Crippen molar-refractivity contribution in [2.24, 2.45) is 0 Å². The first-order valence-electron chi connectivity index (χ1n) is 6.87. The second-order valence-corrected chi connectivity index (χ2v) is 5.93. The molecule has 1 heterocycles. The van der Waals surface area contributed by atoms with Gasteiger partial charge in [0.25, 0.3) is 5.91 Å². The van der Waals surface area contributed by atoms with E-state index in [0.717, 1.165) is 22.9 Å². The Morgan fingerprint density at radius 2 is 1.83 bits per heavy atom. The molecule has 0 unspecified atom stereocenters. The standard InChI is InChI=1S/C17H13FN2O2S/c18-13-5-1-12(2-6-13)10-22-14-7-3-11(4-8-14)9-15-16(21)20-17(19)23-15/h1-9H,10H2,(H2,19,20,21). The van der Waals surface area contributed by atoms with Crippen LogP contribution in [0.1, 0.15) is 11.1 Å². The number of benzene rings is 2. The Labute approximate surface area is 136 Å². The lowest BCUT2D eigenvalue weighted by molar-refractivity contribution is -0.115. The van der Waals surface area contributed by atoms with Crippen molar-refractivity contribution in [1.82, 2.24) is 5.32 Å². The number of thioether (sulfide) groups is 1. The molecule has 0 aliphatic carbocycles. The lowest BCUT2D eigenvalue weighted by atomic mass is 10.2. The number of nitrogens with one attached hydrogen (secondary N) is 2. The van der Waals surface area contributed by atoms with Crippen molar-refractivity contribution < 1.29 is 13.9 Å². The van der Waals surface area contributed by atoms with E-state index in [2.05, 4.69) is 5.32 Å². The summed E-state index contributed by atoms with van der Waals surface area (Å²) in [6.07, 6.45) is 1.73. The van der Waals surface area contributed by atoms with Crippen LogP contribution in [-0.2, 0) is 11.4 Å². The summed E-state index contributed by atoms with van der Waals surface area (Å²) in [4.78, 5) is 12.0. The molecule has 0 saturated carbocycles. The van der Waals surface area contributed by atoms with E-state index in [1.54, 1.807) is 30.3 Å². The number of hydrogen-bond donors (Lipinski definition) is 2. The maximum absolute atomic E-state index is 12.8. The van der Waals surface area contributed by atoms with Gasteiger partial charge in [-0.15, -0.1) is 0 Å². The Bertz CT molecular complexity index is 770. The van der Waals surface area contributed by atoms with Crippen LogP contribution in [0.3, 0.4) is 0 Å². The van der Waals surface area contributed by atoms with E-state index < -0.39 is 0 Å². The van der Waals surface area contributed by atoms with Crippen LogP contribution < -0.4 is 10.1 Å². The van der Waals surface area contributed by atoms with Gasteiger partial charge in [0, 0.05) is 0 Å². The molecule has 4 nitrogen and oxygen atoms in total. The van der Waals surface area contributed by atoms with Gasteiger partial charge in [-0.05, 0) is 53.2 Å². The van der Waals surface area contributed by atoms with Crippen molar-refractivity contribution in [2.45, 2.75) is 6.61 Å². The smallest absolute Gasteiger partial charge is 0.264 e. The lowest BCUT2D eigenvalue weighted by Gasteiger charge is -2.06. The molecule has 116 valence electrons. The molecule has 23 heavy (non-hydrogen) atoms. The van der Waals surface area contributed by atoms with Crippen molar-refractivity contribution in [2.75, 3.05) is 0 Å². The molecule has 0 aromatic heterocycles. The van der Waals surface area contributed by atoms with Gasteiger partial charge in [-0.3, -0.25) is 10.2 Å². The summed E-state index contributed by atoms with van der Waals surface area (Å²) in [5, 5.41) is 9.97. The van der Waals surface area contributed by atoms with Gasteiger partial charge in [0.05, 0.1) is 4.91 Å². The Hall–Kier alpha value is -2.60. The van der Waals surface area contributed by atoms with Crippen LogP contribution in [-0.4, -0.2) is 11.1 Å². The lowest BCUT2D eigenvalue weighted by Crippen LogP contribution is -2.18. The molecule has 2 aromatic rings. The minimum atomic E-state index is -0.270. The number of rotatable bonds is 4. The summed E-state index contributed by atoms with van der Waals surface area (Å²) >= 11 is 1.10. The molecule has 0 bridgehead atoms. The highest BCUT2D eigenvalue weighted by Gasteiger charge is 2.21. The number of amidine groups is 1. The molecule has 1 aliphatic heterocycles. The fraction of sp³-hybridized carbons (Fsp3) is 0.0588. The largest absolute Gasteiger partial charge is 0.489 e. The van der Waals surface area contributed by atoms with Crippen molar-refractivity contribution in [1.29, 1.82) is 5.41 Å². The summed E-state index contributed by atoms with van der Waals surface area (Å²) < 4.78 is 18.5. The SMILES string of the molecule is N=C1NC(=O)C(=Cc2ccc(OCc3ccc(F)cc3)cc2)S1. The molecule has 1 fully saturated rings. The van der Waals surface area contributed by atoms with Crippen molar-refractivity contribution in [3.05, 3.63) is 70.4 Å². The topological polar surface area (TPSA) is 62.2 Å². The summed E-state index contributed by atoms with van der Waals surface area (Å²) in [6.45, 7) is 0.357. The van der Waals surface area contributed by atoms with Gasteiger partial charge >= 0.3 is 0 Å². The summed E-state index contributed by atoms with van der Waals surface area (Å²) in [6, 6.07) is 13.4. The minimum Gasteiger partial charge on any atom is -0.489 e. The van der Waals surface area contributed by atoms with Crippen LogP contribution in [0.5, 0.6) is 5.75 Å². The molecule has 6 heteroatoms. The van der Waals surface area contributed by atoms with Crippen molar-refractivity contribution >= 4 is 28.9 Å². The predicted octanol–water partition coefficient (Wildman–Crippen LogP) is 3.54. The molecule has 1 amide bonds. The van der Waals surface area contributed by atoms with E-state index in [1.165, 1.54) is 12.1 Å². The number of carbonyl (C=O) groups excluding carboxylic acids is 1. The number of hydrogen-bond acceptors (Lipinski definition) is 4. The third-order valence-electron chi connectivity index (χ3n) is 3.16. The number of halogens is 1. The zero-order valence-corrected chi connectivity index (χ0v) is 12.8. The molecule has 0 spiro atoms. The molecule has 1 aliphatic rings. The minimum absolute atomic E-state index is 0.139. The monoisotopic (exact) mass is 328 g/mol. The molecular weight excluding hydrogens is 315 g/mol. The van der Waals surface area contributed by atoms with Crippen LogP contribution in [0.15, 0.2) is 53.4 Å². The first-order valence-corrected chi connectivity index (χ1v) is 7.68. The average Bonchev–Trinajstić information content (AvgIpc) is 2.86. The second-order valence-electron chi connectivity index (χ2n) is 4.88. The van der Waals surface area contributed by atoms with Gasteiger partial charge in [-0.2, -0.15) is 0 Å². The van der Waals surface area contributed by atoms with Crippen LogP contribution in [0.2, 0.25) is 0 Å². The van der Waals surface area contributed by atoms with E-state index in [9.17, 15) is 9.18 Å². The van der Waals surface area contributed by atoms with E-state index in [-0.39, 0.29) is 16.9 Å². The zero-order valence-electron chi connectivity index (χ0n) is 12.0. The Kier molecular flexibility index (Phi) is 4.43. The van der Waals surface area contributed by atoms with Gasteiger partial charge < -0.3 is 10.1 Å². The first-order chi connectivity index (χ1) is 11.1. The van der Waals surface area contributed by atoms with Crippen LogP contribution >= 0.6 is 11.8 Å². The predicted molar refractivity (Wildman–Crippen MR) is 88.6 cm³/mol. The molecule has 3 rings (SSSR count). The molecule has 1 saturated heterocycles. The van der Waals surface area contributed by atoms with E-state index >= 15 is 0 Å². The summed E-state index contributed by atoms with van der Waals surface area (Å²) in [5.41, 5.74) is 1.74. The Balaban J connectivity index is 1.63. The van der Waals surface area contributed by atoms with Gasteiger partial charge in [-0.25, -0.2) is 4.39 Å². The Morgan fingerprint density at radius 3 is 2.43 bits per heavy atom. The van der Waals surface area contributed by atoms with E-state index in [0.29, 0.717) is 17.3 Å². The van der Waals surface area contributed by atoms with Crippen LogP contribution in [0.4, 0.5) is 4.39 Å². The highest BCUT2D eigenvalue weighted by Crippen LogP contribution is 2.25. The molecular formula is C17H13FN2O2S. The van der Waals surface area contributed by atoms with Crippen molar-refractivity contribution in [3.8, 4) is 5.75 Å². The third kappa shape index (κ3) is 3.98. The zero-order chi connectivity index (χ0) is 16.2. The number of amides is 1. The number of carbonyl (C=O) groups is 1. The average molecular weight is 328 g/mol. The molecule has 2 N–H and O–H groups in total. The maximum atomic E-state index is 12.8. The van der Waals surface area contributed by atoms with Gasteiger partial charge in [0.2, 0.25) is 0 Å². The van der Waals surface area contributed by atoms with Crippen LogP contribution in [0, 0.1) is 11.2 Å². The maximum Gasteiger partial charge on any atom is 0.264 e. The second kappa shape index (κ2) is 6.66. The normalized spacial score (nSPS) is 15.8. The summed E-state index contributed by atoms with van der Waals surface area (Å²) in [5.74, 6) is 0.164. The van der Waals surface area contributed by atoms with E-state index in [1.807, 2.05) is 12.1 Å². The quantitative estimate of drug-likeness (QED) is 0.844. The number of ether oxygens (including phenoxy) is 1. The fourth-order valence-corrected chi connectivity index (χ4v) is 2.70. The van der Waals surface area contributed by atoms with Gasteiger partial charge in [0.1, 0.15) is 18.2 Å². The van der Waals surface area contributed by atoms with Crippen LogP contribution in [0.25, 0.3) is 6.08 Å². The Morgan fingerprint density at radius 1 is 1.13 bits per heavy atom. The van der Waals surface area contributed by atoms with Crippen molar-refractivity contribution in [3.63, 3.8) is 0 Å². The van der Waals surface area contributed by atoms with Gasteiger partial charge in [-0.1, -0.05) is 24.3 Å². The molecule has 0 atom stereocenters. The summed E-state index contributed by atoms with van der Waals surface area (Å²) in [7, 11) is 0. The molecule has 0 radical (unpaired) electrons. The highest BCUT2D eigenvalue weighted by molar-refractivity contribution is 8.18. The molecule has 2 aromatic carbocycles.